The maximum atomic E-state index is 12.6. The number of fused-ring (bicyclic) bond motifs is 5. The number of urea groups is 3. The van der Waals surface area contributed by atoms with Crippen molar-refractivity contribution in [2.24, 2.45) is 57.2 Å². The van der Waals surface area contributed by atoms with Crippen molar-refractivity contribution < 1.29 is 57.0 Å². The summed E-state index contributed by atoms with van der Waals surface area (Å²) in [5.74, 6) is 7.77. The highest BCUT2D eigenvalue weighted by Gasteiger charge is 2.57. The van der Waals surface area contributed by atoms with E-state index in [0.29, 0.717) is 146 Å². The summed E-state index contributed by atoms with van der Waals surface area (Å²) in [6.45, 7) is 40.9. The van der Waals surface area contributed by atoms with Crippen LogP contribution in [0.25, 0.3) is 21.9 Å². The summed E-state index contributed by atoms with van der Waals surface area (Å²) in [7, 11) is 0. The third kappa shape index (κ3) is 25.7. The molecule has 20 rings (SSSR count). The molecule has 9 fully saturated rings. The molecule has 6 N–H and O–H groups in total. The number of amides is 11. The first-order valence-corrected chi connectivity index (χ1v) is 50.7. The molecule has 4 spiro atoms. The van der Waals surface area contributed by atoms with Gasteiger partial charge in [-0.15, -0.1) is 6.42 Å². The lowest BCUT2D eigenvalue weighted by Gasteiger charge is -2.53. The predicted octanol–water partition coefficient (Wildman–Crippen LogP) is 15.8. The quantitative estimate of drug-likeness (QED) is 0.0242. The Morgan fingerprint density at radius 3 is 1.41 bits per heavy atom. The number of rotatable bonds is 24. The lowest BCUT2D eigenvalue weighted by atomic mass is 9.57. The molecule has 4 unspecified atom stereocenters. The Kier molecular flexibility index (Phi) is 31.5. The van der Waals surface area contributed by atoms with Crippen molar-refractivity contribution in [3.8, 4) is 12.3 Å². The van der Waals surface area contributed by atoms with Gasteiger partial charge in [0.15, 0.2) is 23.1 Å². The van der Waals surface area contributed by atoms with Crippen LogP contribution in [0.5, 0.6) is 0 Å². The summed E-state index contributed by atoms with van der Waals surface area (Å²) in [6.07, 6.45) is 41.3. The molecule has 8 aromatic rings. The van der Waals surface area contributed by atoms with Gasteiger partial charge in [0.05, 0.1) is 25.6 Å². The van der Waals surface area contributed by atoms with E-state index >= 15 is 0 Å². The molecule has 14 heterocycles. The molecule has 12 aliphatic rings. The SMILES string of the molecule is C#CCC(=O)N1CCC2(CC1)CC2CNC(=O)N1Cc2ccncc2C1.C=C(OC(C)(C)C)N1CCC2(CC1)CC(CNC(=O)c1cc3ccncc3o1)C2.C=C(OC(C)(C)C)N1CCC2(CC1)CC(CNC(=O)c1cc3cnccc3[nH]1)C2.CCOC(=O)N(CC)CCC1CC1CNC(=O)N1Cc2ccncc2C1.O=C(Cc1ccccc1)N1CCC2(CC1)CC2CNC(=O)N1Cc2ccncc2C1. The number of benzene rings is 1. The van der Waals surface area contributed by atoms with E-state index in [9.17, 15) is 38.4 Å². The maximum Gasteiger partial charge on any atom is 0.409 e. The molecule has 11 amide bonds. The molecule has 31 heteroatoms. The minimum Gasteiger partial charge on any atom is -0.474 e. The van der Waals surface area contributed by atoms with Gasteiger partial charge in [-0.2, -0.15) is 0 Å². The van der Waals surface area contributed by atoms with Crippen LogP contribution in [-0.4, -0.2) is 233 Å². The van der Waals surface area contributed by atoms with Gasteiger partial charge in [0, 0.05) is 210 Å². The number of nitrogens with zero attached hydrogens (tertiary/aromatic N) is 13. The number of pyridine rings is 5. The average molecular weight is 1910 g/mol. The fourth-order valence-corrected chi connectivity index (χ4v) is 22.5. The second kappa shape index (κ2) is 44.0. The van der Waals surface area contributed by atoms with Crippen molar-refractivity contribution in [2.45, 2.75) is 221 Å². The smallest absolute Gasteiger partial charge is 0.409 e. The van der Waals surface area contributed by atoms with E-state index < -0.39 is 0 Å². The fraction of sp³-hybridized carbons (Fsp3) is 0.550. The minimum absolute atomic E-state index is 0.00452. The molecule has 4 saturated heterocycles. The number of piperidine rings is 4. The van der Waals surface area contributed by atoms with Crippen molar-refractivity contribution >= 4 is 69.7 Å². The van der Waals surface area contributed by atoms with E-state index in [1.54, 1.807) is 54.3 Å². The van der Waals surface area contributed by atoms with Crippen molar-refractivity contribution in [1.29, 1.82) is 0 Å². The number of carbonyl (C=O) groups is 8. The second-order valence-electron chi connectivity index (χ2n) is 43.0. The van der Waals surface area contributed by atoms with Gasteiger partial charge in [-0.05, 0) is 310 Å². The Balaban J connectivity index is 0.000000126. The zero-order chi connectivity index (χ0) is 98.5. The van der Waals surface area contributed by atoms with Crippen molar-refractivity contribution in [2.75, 3.05) is 105 Å². The van der Waals surface area contributed by atoms with E-state index in [1.165, 1.54) is 68.1 Å². The Bertz CT molecular complexity index is 5460. The van der Waals surface area contributed by atoms with E-state index in [-0.39, 0.29) is 65.4 Å². The number of ether oxygens (including phenoxy) is 3. The number of hydrogen-bond acceptors (Lipinski definition) is 19. The molecule has 5 aliphatic carbocycles. The topological polar surface area (TPSA) is 344 Å². The van der Waals surface area contributed by atoms with E-state index in [0.717, 1.165) is 180 Å². The first kappa shape index (κ1) is 100. The third-order valence-corrected chi connectivity index (χ3v) is 31.1. The summed E-state index contributed by atoms with van der Waals surface area (Å²) in [4.78, 5) is 138. The van der Waals surface area contributed by atoms with Crippen molar-refractivity contribution in [3.05, 3.63) is 210 Å². The Labute approximate surface area is 823 Å². The van der Waals surface area contributed by atoms with Crippen LogP contribution >= 0.6 is 0 Å². The van der Waals surface area contributed by atoms with Crippen LogP contribution in [0.2, 0.25) is 0 Å². The van der Waals surface area contributed by atoms with Crippen LogP contribution in [0.1, 0.15) is 225 Å². The minimum atomic E-state index is -0.233. The van der Waals surface area contributed by atoms with Crippen LogP contribution in [0, 0.1) is 69.5 Å². The van der Waals surface area contributed by atoms with Crippen molar-refractivity contribution in [3.63, 3.8) is 0 Å². The number of H-pyrrole nitrogens is 1. The molecular formula is C109H143N19O12. The summed E-state index contributed by atoms with van der Waals surface area (Å²) in [5.41, 5.74) is 11.3. The normalized spacial score (nSPS) is 20.6. The number of furan rings is 1. The molecule has 1 aromatic carbocycles. The predicted molar refractivity (Wildman–Crippen MR) is 534 cm³/mol. The van der Waals surface area contributed by atoms with Gasteiger partial charge in [-0.25, -0.2) is 19.2 Å². The standard InChI is InChI=1S/C24H28N4O2.C23H32N4O2.C23H31N3O3.C20H24N4O2.C19H28N4O3/c29-22(12-18-4-2-1-3-5-18)27-10-7-24(8-11-27)13-21(24)15-26-23(30)28-16-19-6-9-25-14-20(19)17-28;1-16(29-22(2,3)4)27-9-6-23(7-10-27)12-17(13-23)14-25-21(28)20-11-18-15-24-8-5-19(18)26-20;1-16(29-22(2,3)4)26-9-6-23(7-10-26)12-17(13-23)14-25-21(27)19-11-18-5-8-24-15-20(18)28-19;1-2-3-18(25)23-8-5-20(6-9-23)10-17(20)12-22-19(26)24-13-15-4-7-21-11-16(15)14-24;1-3-22(19(25)26-4-2)8-6-14-9-16(14)11-21-18(24)23-12-15-5-7-20-10-17(15)13-23/h1-6,9,14,21H,7-8,10-13,15-17H2,(H,26,30);5,8,11,15,17,26H,1,6-7,9-10,12-14H2,2-4H3,(H,25,28);5,8,11,15,17H,1,6-7,9-10,12-14H2,2-4H3,(H,25,27);1,4,7,11,17H,3,5-6,8-10,12-14H2,(H,22,26);5,7,10,14,16H,3-4,6,8-9,11-13H2,1-2H3,(H,21,24). The molecular weight excluding hydrogens is 1770 g/mol. The molecule has 4 atom stereocenters. The van der Waals surface area contributed by atoms with Gasteiger partial charge in [-0.1, -0.05) is 36.3 Å². The summed E-state index contributed by atoms with van der Waals surface area (Å²) in [6, 6.07) is 23.3. The van der Waals surface area contributed by atoms with Gasteiger partial charge in [0.25, 0.3) is 11.8 Å². The first-order chi connectivity index (χ1) is 67.3. The van der Waals surface area contributed by atoms with Crippen LogP contribution in [-0.2, 0) is 69.5 Å². The number of carbonyl (C=O) groups excluding carboxylic acids is 8. The van der Waals surface area contributed by atoms with Crippen LogP contribution in [0.3, 0.4) is 0 Å². The Morgan fingerprint density at radius 1 is 0.493 bits per heavy atom. The van der Waals surface area contributed by atoms with E-state index in [1.807, 2.05) is 124 Å². The van der Waals surface area contributed by atoms with Gasteiger partial charge >= 0.3 is 24.2 Å². The Hall–Kier alpha value is -12.8. The summed E-state index contributed by atoms with van der Waals surface area (Å²) < 4.78 is 22.5. The molecule has 5 saturated carbocycles. The number of aromatic nitrogens is 6. The molecule has 140 heavy (non-hydrogen) atoms. The van der Waals surface area contributed by atoms with Crippen LogP contribution < -0.4 is 26.6 Å². The van der Waals surface area contributed by atoms with Gasteiger partial charge in [0.2, 0.25) is 11.8 Å². The van der Waals surface area contributed by atoms with Gasteiger partial charge < -0.3 is 89.4 Å². The lowest BCUT2D eigenvalue weighted by Crippen LogP contribution is -2.49. The monoisotopic (exact) mass is 1910 g/mol. The molecule has 0 bridgehead atoms. The largest absolute Gasteiger partial charge is 0.474 e. The van der Waals surface area contributed by atoms with Gasteiger partial charge in [0.1, 0.15) is 16.9 Å². The Morgan fingerprint density at radius 2 is 0.943 bits per heavy atom. The highest BCUT2D eigenvalue weighted by atomic mass is 16.6. The highest BCUT2D eigenvalue weighted by Crippen LogP contribution is 2.61. The number of terminal acetylenes is 1. The fourth-order valence-electron chi connectivity index (χ4n) is 22.5. The molecule has 0 radical (unpaired) electrons. The zero-order valence-corrected chi connectivity index (χ0v) is 83.2. The van der Waals surface area contributed by atoms with E-state index in [4.69, 9.17) is 25.1 Å². The second-order valence-corrected chi connectivity index (χ2v) is 43.0. The zero-order valence-electron chi connectivity index (χ0n) is 83.2. The van der Waals surface area contributed by atoms with Crippen LogP contribution in [0.4, 0.5) is 19.2 Å². The molecule has 7 aromatic heterocycles. The number of likely N-dealkylation sites (tertiary alicyclic amines) is 4. The summed E-state index contributed by atoms with van der Waals surface area (Å²) >= 11 is 0. The third-order valence-electron chi connectivity index (χ3n) is 31.1. The summed E-state index contributed by atoms with van der Waals surface area (Å²) in [5, 5.41) is 17.3. The molecule has 746 valence electrons. The maximum absolute atomic E-state index is 12.6. The first-order valence-electron chi connectivity index (χ1n) is 50.7. The lowest BCUT2D eigenvalue weighted by molar-refractivity contribution is -0.132. The van der Waals surface area contributed by atoms with Crippen LogP contribution in [0.15, 0.2) is 164 Å². The van der Waals surface area contributed by atoms with E-state index in [2.05, 4.69) is 127 Å². The average Bonchev–Trinajstić information content (AvgIpc) is 1.60. The van der Waals surface area contributed by atoms with Crippen molar-refractivity contribution in [1.82, 2.24) is 95.7 Å². The molecule has 7 aliphatic heterocycles. The number of nitrogens with one attached hydrogen (secondary N) is 6. The number of hydrogen-bond donors (Lipinski definition) is 6. The number of aromatic amines is 1. The highest BCUT2D eigenvalue weighted by molar-refractivity contribution is 5.98. The van der Waals surface area contributed by atoms with Gasteiger partial charge in [-0.3, -0.25) is 44.1 Å². The molecule has 31 nitrogen and oxygen atoms in total.